The molecule has 2 amide bonds. The van der Waals surface area contributed by atoms with Crippen molar-refractivity contribution < 1.29 is 19.4 Å². The minimum Gasteiger partial charge on any atom is -0.481 e. The van der Waals surface area contributed by atoms with Crippen LogP contribution in [0.1, 0.15) is 25.0 Å². The largest absolute Gasteiger partial charge is 0.481 e. The maximum atomic E-state index is 11.6. The predicted octanol–water partition coefficient (Wildman–Crippen LogP) is 1.65. The van der Waals surface area contributed by atoms with E-state index in [1.165, 1.54) is 6.20 Å². The molecule has 116 valence electrons. The first-order valence-electron chi connectivity index (χ1n) is 6.82. The van der Waals surface area contributed by atoms with Crippen LogP contribution in [0.4, 0.5) is 10.5 Å². The number of pyridine rings is 1. The van der Waals surface area contributed by atoms with E-state index in [1.807, 2.05) is 0 Å². The number of urea groups is 1. The highest BCUT2D eigenvalue weighted by Gasteiger charge is 2.04. The third-order valence-corrected chi connectivity index (χ3v) is 2.73. The topological polar surface area (TPSA) is 101 Å². The van der Waals surface area contributed by atoms with Crippen molar-refractivity contribution in [2.24, 2.45) is 0 Å². The molecule has 0 saturated heterocycles. The molecule has 1 rings (SSSR count). The molecule has 7 nitrogen and oxygen atoms in total. The molecule has 21 heavy (non-hydrogen) atoms. The molecule has 0 aliphatic carbocycles. The van der Waals surface area contributed by atoms with Crippen molar-refractivity contribution in [2.75, 3.05) is 25.6 Å². The SMILES string of the molecule is COCCCCCNC(=O)Nc1ccc(CC(=O)O)nc1. The van der Waals surface area contributed by atoms with Crippen LogP contribution in [0.5, 0.6) is 0 Å². The summed E-state index contributed by atoms with van der Waals surface area (Å²) in [5, 5.41) is 14.0. The number of carbonyl (C=O) groups is 2. The van der Waals surface area contributed by atoms with Crippen LogP contribution in [0.2, 0.25) is 0 Å². The molecule has 0 aliphatic heterocycles. The van der Waals surface area contributed by atoms with E-state index in [-0.39, 0.29) is 12.5 Å². The molecule has 0 aromatic carbocycles. The summed E-state index contributed by atoms with van der Waals surface area (Å²) < 4.78 is 4.94. The van der Waals surface area contributed by atoms with Crippen LogP contribution in [0, 0.1) is 0 Å². The van der Waals surface area contributed by atoms with E-state index in [2.05, 4.69) is 15.6 Å². The van der Waals surface area contributed by atoms with E-state index < -0.39 is 5.97 Å². The Balaban J connectivity index is 2.23. The zero-order chi connectivity index (χ0) is 15.5. The first kappa shape index (κ1) is 16.9. The minimum absolute atomic E-state index is 0.131. The number of carboxylic acids is 1. The van der Waals surface area contributed by atoms with E-state index in [9.17, 15) is 9.59 Å². The van der Waals surface area contributed by atoms with Gasteiger partial charge in [0.15, 0.2) is 0 Å². The summed E-state index contributed by atoms with van der Waals surface area (Å²) in [6, 6.07) is 2.91. The number of hydrogen-bond acceptors (Lipinski definition) is 4. The highest BCUT2D eigenvalue weighted by Crippen LogP contribution is 2.06. The molecule has 7 heteroatoms. The molecule has 0 aliphatic rings. The van der Waals surface area contributed by atoms with Crippen molar-refractivity contribution in [1.82, 2.24) is 10.3 Å². The molecule has 3 N–H and O–H groups in total. The van der Waals surface area contributed by atoms with E-state index >= 15 is 0 Å². The van der Waals surface area contributed by atoms with Crippen LogP contribution in [0.25, 0.3) is 0 Å². The van der Waals surface area contributed by atoms with Crippen molar-refractivity contribution in [2.45, 2.75) is 25.7 Å². The number of methoxy groups -OCH3 is 1. The predicted molar refractivity (Wildman–Crippen MR) is 78.3 cm³/mol. The van der Waals surface area contributed by atoms with Gasteiger partial charge in [-0.25, -0.2) is 4.79 Å². The van der Waals surface area contributed by atoms with Crippen LogP contribution in [0.15, 0.2) is 18.3 Å². The Morgan fingerprint density at radius 3 is 2.71 bits per heavy atom. The molecule has 0 fully saturated rings. The zero-order valence-electron chi connectivity index (χ0n) is 12.1. The third kappa shape index (κ3) is 7.88. The fourth-order valence-electron chi connectivity index (χ4n) is 1.68. The van der Waals surface area contributed by atoms with E-state index in [0.29, 0.717) is 17.9 Å². The lowest BCUT2D eigenvalue weighted by molar-refractivity contribution is -0.136. The lowest BCUT2D eigenvalue weighted by Crippen LogP contribution is -2.29. The molecule has 1 aromatic rings. The van der Waals surface area contributed by atoms with Gasteiger partial charge in [0.2, 0.25) is 0 Å². The number of carbonyl (C=O) groups excluding carboxylic acids is 1. The number of ether oxygens (including phenoxy) is 1. The van der Waals surface area contributed by atoms with Crippen molar-refractivity contribution in [3.8, 4) is 0 Å². The van der Waals surface area contributed by atoms with Gasteiger partial charge in [-0.15, -0.1) is 0 Å². The first-order valence-corrected chi connectivity index (χ1v) is 6.82. The average Bonchev–Trinajstić information content (AvgIpc) is 2.44. The maximum absolute atomic E-state index is 11.6. The highest BCUT2D eigenvalue weighted by molar-refractivity contribution is 5.88. The molecule has 0 radical (unpaired) electrons. The molecule has 0 atom stereocenters. The summed E-state index contributed by atoms with van der Waals surface area (Å²) in [7, 11) is 1.67. The van der Waals surface area contributed by atoms with Crippen molar-refractivity contribution in [3.05, 3.63) is 24.0 Å². The van der Waals surface area contributed by atoms with E-state index in [0.717, 1.165) is 25.9 Å². The fraction of sp³-hybridized carbons (Fsp3) is 0.500. The molecule has 1 aromatic heterocycles. The van der Waals surface area contributed by atoms with E-state index in [1.54, 1.807) is 19.2 Å². The van der Waals surface area contributed by atoms with Crippen LogP contribution in [-0.4, -0.2) is 42.4 Å². The van der Waals surface area contributed by atoms with Crippen LogP contribution >= 0.6 is 0 Å². The van der Waals surface area contributed by atoms with Crippen LogP contribution < -0.4 is 10.6 Å². The fourth-order valence-corrected chi connectivity index (χ4v) is 1.68. The Kier molecular flexibility index (Phi) is 7.81. The lowest BCUT2D eigenvalue weighted by Gasteiger charge is -2.07. The summed E-state index contributed by atoms with van der Waals surface area (Å²) in [4.78, 5) is 26.1. The second-order valence-corrected chi connectivity index (χ2v) is 4.54. The quantitative estimate of drug-likeness (QED) is 0.601. The summed E-state index contributed by atoms with van der Waals surface area (Å²) in [6.07, 6.45) is 4.19. The Hall–Kier alpha value is -2.15. The number of anilines is 1. The summed E-state index contributed by atoms with van der Waals surface area (Å²) in [6.45, 7) is 1.33. The van der Waals surface area contributed by atoms with Crippen molar-refractivity contribution in [1.29, 1.82) is 0 Å². The Morgan fingerprint density at radius 2 is 2.10 bits per heavy atom. The number of nitrogens with zero attached hydrogens (tertiary/aromatic N) is 1. The minimum atomic E-state index is -0.936. The monoisotopic (exact) mass is 295 g/mol. The molecular formula is C14H21N3O4. The number of aliphatic carboxylic acids is 1. The second kappa shape index (κ2) is 9.71. The standard InChI is InChI=1S/C14H21N3O4/c1-21-8-4-2-3-7-15-14(20)17-12-6-5-11(16-10-12)9-13(18)19/h5-6,10H,2-4,7-9H2,1H3,(H,18,19)(H2,15,17,20). The van der Waals surface area contributed by atoms with Gasteiger partial charge in [-0.3, -0.25) is 9.78 Å². The normalized spacial score (nSPS) is 10.1. The zero-order valence-corrected chi connectivity index (χ0v) is 12.1. The molecule has 0 bridgehead atoms. The van der Waals surface area contributed by atoms with Crippen molar-refractivity contribution >= 4 is 17.7 Å². The Labute approximate surface area is 123 Å². The molecule has 0 saturated carbocycles. The summed E-state index contributed by atoms with van der Waals surface area (Å²) in [5.74, 6) is -0.936. The van der Waals surface area contributed by atoms with Crippen LogP contribution in [0.3, 0.4) is 0 Å². The first-order chi connectivity index (χ1) is 10.1. The lowest BCUT2D eigenvalue weighted by atomic mass is 10.2. The van der Waals surface area contributed by atoms with Crippen molar-refractivity contribution in [3.63, 3.8) is 0 Å². The summed E-state index contributed by atoms with van der Waals surface area (Å²) in [5.41, 5.74) is 0.979. The number of rotatable bonds is 9. The Bertz CT molecular complexity index is 448. The van der Waals surface area contributed by atoms with Gasteiger partial charge >= 0.3 is 12.0 Å². The van der Waals surface area contributed by atoms with Gasteiger partial charge in [0.25, 0.3) is 0 Å². The van der Waals surface area contributed by atoms with Gasteiger partial charge in [0, 0.05) is 20.3 Å². The van der Waals surface area contributed by atoms with Crippen LogP contribution in [-0.2, 0) is 16.0 Å². The number of hydrogen-bond donors (Lipinski definition) is 3. The molecular weight excluding hydrogens is 274 g/mol. The van der Waals surface area contributed by atoms with Gasteiger partial charge < -0.3 is 20.5 Å². The van der Waals surface area contributed by atoms with Gasteiger partial charge in [-0.2, -0.15) is 0 Å². The molecule has 0 spiro atoms. The number of unbranched alkanes of at least 4 members (excludes halogenated alkanes) is 2. The third-order valence-electron chi connectivity index (χ3n) is 2.73. The van der Waals surface area contributed by atoms with E-state index in [4.69, 9.17) is 9.84 Å². The number of nitrogens with one attached hydrogen (secondary N) is 2. The highest BCUT2D eigenvalue weighted by atomic mass is 16.5. The number of amides is 2. The number of carboxylic acid groups (broad SMARTS) is 1. The number of aromatic nitrogens is 1. The van der Waals surface area contributed by atoms with Gasteiger partial charge in [0.1, 0.15) is 0 Å². The summed E-state index contributed by atoms with van der Waals surface area (Å²) >= 11 is 0. The Morgan fingerprint density at radius 1 is 1.29 bits per heavy atom. The molecule has 1 heterocycles. The maximum Gasteiger partial charge on any atom is 0.319 e. The van der Waals surface area contributed by atoms with Gasteiger partial charge in [0.05, 0.1) is 24.0 Å². The smallest absolute Gasteiger partial charge is 0.319 e. The second-order valence-electron chi connectivity index (χ2n) is 4.54. The molecule has 0 unspecified atom stereocenters. The van der Waals surface area contributed by atoms with Gasteiger partial charge in [-0.05, 0) is 31.4 Å². The van der Waals surface area contributed by atoms with Gasteiger partial charge in [-0.1, -0.05) is 0 Å². The average molecular weight is 295 g/mol.